The van der Waals surface area contributed by atoms with E-state index in [-0.39, 0.29) is 0 Å². The highest BCUT2D eigenvalue weighted by molar-refractivity contribution is 5.92. The summed E-state index contributed by atoms with van der Waals surface area (Å²) in [4.78, 5) is 8.96. The van der Waals surface area contributed by atoms with Crippen LogP contribution in [0.4, 0.5) is 5.69 Å². The lowest BCUT2D eigenvalue weighted by Gasteiger charge is -2.11. The summed E-state index contributed by atoms with van der Waals surface area (Å²) in [6.07, 6.45) is 5.59. The molecule has 2 aromatic rings. The maximum atomic E-state index is 5.93. The summed E-state index contributed by atoms with van der Waals surface area (Å²) in [5.74, 6) is 2.31. The first-order valence-corrected chi connectivity index (χ1v) is 7.50. The van der Waals surface area contributed by atoms with Crippen LogP contribution in [-0.2, 0) is 19.5 Å². The summed E-state index contributed by atoms with van der Waals surface area (Å²) in [5, 5.41) is 3.06. The second-order valence-corrected chi connectivity index (χ2v) is 5.36. The van der Waals surface area contributed by atoms with Gasteiger partial charge < -0.3 is 20.4 Å². The monoisotopic (exact) mass is 299 g/mol. The molecule has 0 atom stereocenters. The lowest BCUT2D eigenvalue weighted by molar-refractivity contribution is 0.415. The Morgan fingerprint density at radius 3 is 3.18 bits per heavy atom. The van der Waals surface area contributed by atoms with E-state index in [9.17, 15) is 0 Å². The third-order valence-electron chi connectivity index (χ3n) is 3.71. The maximum Gasteiger partial charge on any atom is 0.193 e. The zero-order valence-corrected chi connectivity index (χ0v) is 12.7. The molecule has 0 aliphatic carbocycles. The Labute approximate surface area is 130 Å². The molecule has 0 amide bonds. The predicted molar refractivity (Wildman–Crippen MR) is 87.1 cm³/mol. The molecule has 0 bridgehead atoms. The quantitative estimate of drug-likeness (QED) is 0.670. The molecule has 1 aromatic carbocycles. The van der Waals surface area contributed by atoms with Crippen LogP contribution in [0.15, 0.2) is 35.5 Å². The number of methoxy groups -OCH3 is 1. The van der Waals surface area contributed by atoms with Gasteiger partial charge in [0.1, 0.15) is 11.6 Å². The molecule has 0 spiro atoms. The highest BCUT2D eigenvalue weighted by atomic mass is 16.5. The van der Waals surface area contributed by atoms with Gasteiger partial charge in [0.2, 0.25) is 0 Å². The number of anilines is 1. The zero-order valence-electron chi connectivity index (χ0n) is 12.7. The van der Waals surface area contributed by atoms with Crippen molar-refractivity contribution in [2.75, 3.05) is 12.4 Å². The summed E-state index contributed by atoms with van der Waals surface area (Å²) < 4.78 is 7.40. The molecule has 1 aliphatic heterocycles. The molecule has 0 unspecified atom stereocenters. The minimum Gasteiger partial charge on any atom is -0.497 e. The molecular formula is C16H21N5O. The van der Waals surface area contributed by atoms with Gasteiger partial charge in [-0.3, -0.25) is 0 Å². The van der Waals surface area contributed by atoms with E-state index in [2.05, 4.69) is 26.1 Å². The fourth-order valence-electron chi connectivity index (χ4n) is 2.60. The predicted octanol–water partition coefficient (Wildman–Crippen LogP) is 2.15. The van der Waals surface area contributed by atoms with Crippen LogP contribution in [-0.4, -0.2) is 22.6 Å². The normalized spacial score (nSPS) is 14.5. The van der Waals surface area contributed by atoms with Crippen LogP contribution < -0.4 is 15.8 Å². The molecule has 0 saturated carbocycles. The Hall–Kier alpha value is -2.50. The Kier molecular flexibility index (Phi) is 4.27. The number of imidazole rings is 1. The third kappa shape index (κ3) is 3.39. The SMILES string of the molecule is COc1cccc(NC(N)=NCc2cn3c(n2)CCCC3)c1. The summed E-state index contributed by atoms with van der Waals surface area (Å²) in [7, 11) is 1.64. The van der Waals surface area contributed by atoms with Crippen molar-refractivity contribution in [2.45, 2.75) is 32.4 Å². The van der Waals surface area contributed by atoms with Gasteiger partial charge in [0.05, 0.1) is 19.3 Å². The first kappa shape index (κ1) is 14.4. The molecule has 0 saturated heterocycles. The second-order valence-electron chi connectivity index (χ2n) is 5.36. The Bertz CT molecular complexity index is 653. The number of hydrogen-bond donors (Lipinski definition) is 2. The minimum atomic E-state index is 0.374. The molecule has 0 radical (unpaired) electrons. The van der Waals surface area contributed by atoms with E-state index in [4.69, 9.17) is 10.5 Å². The van der Waals surface area contributed by atoms with Gasteiger partial charge >= 0.3 is 0 Å². The lowest BCUT2D eigenvalue weighted by atomic mass is 10.2. The van der Waals surface area contributed by atoms with Gasteiger partial charge in [0.15, 0.2) is 5.96 Å². The van der Waals surface area contributed by atoms with Gasteiger partial charge in [-0.25, -0.2) is 9.98 Å². The van der Waals surface area contributed by atoms with Crippen molar-refractivity contribution in [1.29, 1.82) is 0 Å². The van der Waals surface area contributed by atoms with E-state index in [0.717, 1.165) is 35.9 Å². The minimum absolute atomic E-state index is 0.374. The van der Waals surface area contributed by atoms with Crippen LogP contribution in [0.5, 0.6) is 5.75 Å². The number of rotatable bonds is 4. The number of fused-ring (bicyclic) bond motifs is 1. The van der Waals surface area contributed by atoms with Crippen LogP contribution in [0.1, 0.15) is 24.4 Å². The molecular weight excluding hydrogens is 278 g/mol. The number of benzene rings is 1. The van der Waals surface area contributed by atoms with Crippen LogP contribution >= 0.6 is 0 Å². The van der Waals surface area contributed by atoms with E-state index in [1.54, 1.807) is 7.11 Å². The van der Waals surface area contributed by atoms with Crippen molar-refractivity contribution in [3.63, 3.8) is 0 Å². The maximum absolute atomic E-state index is 5.93. The van der Waals surface area contributed by atoms with Gasteiger partial charge in [-0.15, -0.1) is 0 Å². The van der Waals surface area contributed by atoms with Crippen LogP contribution in [0.2, 0.25) is 0 Å². The van der Waals surface area contributed by atoms with E-state index < -0.39 is 0 Å². The van der Waals surface area contributed by atoms with E-state index in [0.29, 0.717) is 12.5 Å². The number of nitrogens with two attached hydrogens (primary N) is 1. The van der Waals surface area contributed by atoms with Gasteiger partial charge in [0, 0.05) is 30.9 Å². The van der Waals surface area contributed by atoms with Crippen molar-refractivity contribution >= 4 is 11.6 Å². The van der Waals surface area contributed by atoms with Crippen LogP contribution in [0, 0.1) is 0 Å². The number of guanidine groups is 1. The molecule has 6 nitrogen and oxygen atoms in total. The topological polar surface area (TPSA) is 77.5 Å². The number of aryl methyl sites for hydroxylation is 2. The fourth-order valence-corrected chi connectivity index (χ4v) is 2.60. The standard InChI is InChI=1S/C16H21N5O/c1-22-14-6-4-5-12(9-14)20-16(17)18-10-13-11-21-8-3-2-7-15(21)19-13/h4-6,9,11H,2-3,7-8,10H2,1H3,(H3,17,18,20). The average molecular weight is 299 g/mol. The molecule has 3 N–H and O–H groups in total. The Morgan fingerprint density at radius 2 is 2.36 bits per heavy atom. The molecule has 3 rings (SSSR count). The van der Waals surface area contributed by atoms with Crippen molar-refractivity contribution < 1.29 is 4.74 Å². The van der Waals surface area contributed by atoms with E-state index >= 15 is 0 Å². The van der Waals surface area contributed by atoms with Crippen molar-refractivity contribution in [2.24, 2.45) is 10.7 Å². The summed E-state index contributed by atoms with van der Waals surface area (Å²) in [6.45, 7) is 1.55. The van der Waals surface area contributed by atoms with Crippen molar-refractivity contribution in [3.8, 4) is 5.75 Å². The Morgan fingerprint density at radius 1 is 1.45 bits per heavy atom. The summed E-state index contributed by atoms with van der Waals surface area (Å²) in [6, 6.07) is 7.57. The van der Waals surface area contributed by atoms with Gasteiger partial charge in [-0.2, -0.15) is 0 Å². The van der Waals surface area contributed by atoms with Crippen molar-refractivity contribution in [3.05, 3.63) is 42.0 Å². The molecule has 2 heterocycles. The number of hydrogen-bond acceptors (Lipinski definition) is 3. The fraction of sp³-hybridized carbons (Fsp3) is 0.375. The van der Waals surface area contributed by atoms with Crippen LogP contribution in [0.25, 0.3) is 0 Å². The first-order valence-electron chi connectivity index (χ1n) is 7.50. The highest BCUT2D eigenvalue weighted by Crippen LogP contribution is 2.17. The molecule has 1 aliphatic rings. The zero-order chi connectivity index (χ0) is 15.4. The molecule has 22 heavy (non-hydrogen) atoms. The Balaban J connectivity index is 1.63. The number of aliphatic imine (C=N–C) groups is 1. The number of nitrogens with zero attached hydrogens (tertiary/aromatic N) is 3. The van der Waals surface area contributed by atoms with E-state index in [1.165, 1.54) is 12.8 Å². The van der Waals surface area contributed by atoms with Crippen molar-refractivity contribution in [1.82, 2.24) is 9.55 Å². The second kappa shape index (κ2) is 6.51. The molecule has 116 valence electrons. The lowest BCUT2D eigenvalue weighted by Crippen LogP contribution is -2.22. The first-order chi connectivity index (χ1) is 10.7. The smallest absolute Gasteiger partial charge is 0.193 e. The number of nitrogens with one attached hydrogen (secondary N) is 1. The molecule has 6 heteroatoms. The number of aromatic nitrogens is 2. The van der Waals surface area contributed by atoms with Crippen LogP contribution in [0.3, 0.4) is 0 Å². The van der Waals surface area contributed by atoms with E-state index in [1.807, 2.05) is 24.3 Å². The molecule has 0 fully saturated rings. The summed E-state index contributed by atoms with van der Waals surface area (Å²) in [5.41, 5.74) is 7.75. The largest absolute Gasteiger partial charge is 0.497 e. The highest BCUT2D eigenvalue weighted by Gasteiger charge is 2.11. The number of ether oxygens (including phenoxy) is 1. The molecule has 1 aromatic heterocycles. The summed E-state index contributed by atoms with van der Waals surface area (Å²) >= 11 is 0. The van der Waals surface area contributed by atoms with Gasteiger partial charge in [0.25, 0.3) is 0 Å². The third-order valence-corrected chi connectivity index (χ3v) is 3.71. The van der Waals surface area contributed by atoms with Gasteiger partial charge in [-0.1, -0.05) is 6.07 Å². The average Bonchev–Trinajstić information content (AvgIpc) is 2.96. The van der Waals surface area contributed by atoms with Gasteiger partial charge in [-0.05, 0) is 25.0 Å².